The summed E-state index contributed by atoms with van der Waals surface area (Å²) >= 11 is 6.47. The molecule has 0 atom stereocenters. The second-order valence-electron chi connectivity index (χ2n) is 9.65. The number of halogens is 1. The number of aromatic nitrogens is 2. The Morgan fingerprint density at radius 3 is 2.81 bits per heavy atom. The highest BCUT2D eigenvalue weighted by Crippen LogP contribution is 2.36. The van der Waals surface area contributed by atoms with Crippen molar-refractivity contribution in [2.45, 2.75) is 45.2 Å². The number of fused-ring (bicyclic) bond motifs is 1. The van der Waals surface area contributed by atoms with Crippen molar-refractivity contribution in [3.05, 3.63) is 47.2 Å². The summed E-state index contributed by atoms with van der Waals surface area (Å²) in [6.07, 6.45) is 8.85. The predicted octanol–water partition coefficient (Wildman–Crippen LogP) is 5.18. The van der Waals surface area contributed by atoms with Crippen LogP contribution in [0.1, 0.15) is 37.7 Å². The molecule has 2 aliphatic rings. The lowest BCUT2D eigenvalue weighted by molar-refractivity contribution is -0.137. The normalized spacial score (nSPS) is 15.9. The van der Waals surface area contributed by atoms with Gasteiger partial charge in [-0.2, -0.15) is 0 Å². The molecule has 0 unspecified atom stereocenters. The Hall–Kier alpha value is -3.46. The number of hydrogen-bond donors (Lipinski definition) is 1. The van der Waals surface area contributed by atoms with Crippen LogP contribution in [-0.4, -0.2) is 58.4 Å². The van der Waals surface area contributed by atoms with Crippen molar-refractivity contribution in [1.29, 1.82) is 0 Å². The highest BCUT2D eigenvalue weighted by atomic mass is 35.5. The van der Waals surface area contributed by atoms with Gasteiger partial charge in [0.2, 0.25) is 0 Å². The lowest BCUT2D eigenvalue weighted by Crippen LogP contribution is -2.49. The molecule has 3 aromatic rings. The molecule has 10 heteroatoms. The van der Waals surface area contributed by atoms with Gasteiger partial charge in [0, 0.05) is 49.2 Å². The van der Waals surface area contributed by atoms with Crippen molar-refractivity contribution in [3.8, 4) is 11.5 Å². The Bertz CT molecular complexity index is 1310. The van der Waals surface area contributed by atoms with Gasteiger partial charge >= 0.3 is 12.0 Å². The van der Waals surface area contributed by atoms with Crippen molar-refractivity contribution >= 4 is 40.3 Å². The fraction of sp³-hybridized carbons (Fsp3) is 0.444. The van der Waals surface area contributed by atoms with Gasteiger partial charge in [-0.15, -0.1) is 0 Å². The molecule has 196 valence electrons. The minimum Gasteiger partial charge on any atom is -0.493 e. The number of carboxylic acids is 1. The summed E-state index contributed by atoms with van der Waals surface area (Å²) in [5.74, 6) is 1.17. The van der Waals surface area contributed by atoms with Gasteiger partial charge in [0.05, 0.1) is 18.7 Å². The Morgan fingerprint density at radius 2 is 2.05 bits per heavy atom. The number of carbonyl (C=O) groups excluding carboxylic acids is 1. The summed E-state index contributed by atoms with van der Waals surface area (Å²) < 4.78 is 13.0. The highest BCUT2D eigenvalue weighted by Gasteiger charge is 2.29. The summed E-state index contributed by atoms with van der Waals surface area (Å²) in [6.45, 7) is 1.93. The van der Waals surface area contributed by atoms with Crippen LogP contribution in [0.25, 0.3) is 11.0 Å². The van der Waals surface area contributed by atoms with Gasteiger partial charge in [-0.3, -0.25) is 9.69 Å². The van der Waals surface area contributed by atoms with Gasteiger partial charge in [0.25, 0.3) is 0 Å². The highest BCUT2D eigenvalue weighted by molar-refractivity contribution is 6.35. The number of amides is 2. The van der Waals surface area contributed by atoms with Gasteiger partial charge in [-0.1, -0.05) is 24.4 Å². The van der Waals surface area contributed by atoms with Crippen LogP contribution in [0.5, 0.6) is 11.5 Å². The molecule has 1 N–H and O–H groups in total. The minimum atomic E-state index is -0.978. The van der Waals surface area contributed by atoms with Gasteiger partial charge in [-0.25, -0.2) is 9.78 Å². The molecule has 1 aliphatic carbocycles. The van der Waals surface area contributed by atoms with Crippen LogP contribution in [0.3, 0.4) is 0 Å². The second kappa shape index (κ2) is 10.9. The van der Waals surface area contributed by atoms with E-state index in [2.05, 4.69) is 4.98 Å². The number of rotatable bonds is 11. The molecule has 5 rings (SSSR count). The second-order valence-corrected chi connectivity index (χ2v) is 10.1. The van der Waals surface area contributed by atoms with Gasteiger partial charge < -0.3 is 24.0 Å². The molecule has 0 spiro atoms. The van der Waals surface area contributed by atoms with Crippen LogP contribution in [0.4, 0.5) is 10.5 Å². The van der Waals surface area contributed by atoms with Crippen molar-refractivity contribution in [2.75, 3.05) is 31.7 Å². The fourth-order valence-corrected chi connectivity index (χ4v) is 5.23. The lowest BCUT2D eigenvalue weighted by atomic mass is 10.1. The third-order valence-electron chi connectivity index (χ3n) is 6.95. The van der Waals surface area contributed by atoms with Crippen LogP contribution >= 0.6 is 11.6 Å². The molecule has 1 saturated carbocycles. The minimum absolute atomic E-state index is 0.109. The molecule has 0 bridgehead atoms. The largest absolute Gasteiger partial charge is 0.493 e. The average molecular weight is 527 g/mol. The molecule has 9 nitrogen and oxygen atoms in total. The van der Waals surface area contributed by atoms with Crippen molar-refractivity contribution in [3.63, 3.8) is 0 Å². The Kier molecular flexibility index (Phi) is 7.41. The summed E-state index contributed by atoms with van der Waals surface area (Å²) in [6, 6.07) is 7.32. The van der Waals surface area contributed by atoms with Crippen LogP contribution in [0, 0.1) is 5.92 Å². The Labute approximate surface area is 220 Å². The molecular weight excluding hydrogens is 496 g/mol. The monoisotopic (exact) mass is 526 g/mol. The molecule has 2 amide bonds. The molecule has 1 aromatic carbocycles. The van der Waals surface area contributed by atoms with E-state index in [9.17, 15) is 14.7 Å². The summed E-state index contributed by atoms with van der Waals surface area (Å²) in [4.78, 5) is 32.7. The predicted molar refractivity (Wildman–Crippen MR) is 141 cm³/mol. The number of benzene rings is 1. The van der Waals surface area contributed by atoms with E-state index in [1.54, 1.807) is 29.3 Å². The fourth-order valence-electron chi connectivity index (χ4n) is 4.91. The van der Waals surface area contributed by atoms with E-state index < -0.39 is 5.97 Å². The van der Waals surface area contributed by atoms with E-state index in [4.69, 9.17) is 21.1 Å². The first-order valence-corrected chi connectivity index (χ1v) is 13.0. The van der Waals surface area contributed by atoms with Crippen LogP contribution in [0.15, 0.2) is 36.7 Å². The number of carbonyl (C=O) groups is 2. The van der Waals surface area contributed by atoms with Crippen LogP contribution in [-0.2, 0) is 17.9 Å². The van der Waals surface area contributed by atoms with Crippen LogP contribution in [0.2, 0.25) is 5.02 Å². The maximum absolute atomic E-state index is 13.6. The number of carboxylic acid groups (broad SMARTS) is 1. The van der Waals surface area contributed by atoms with E-state index in [0.717, 1.165) is 30.0 Å². The van der Waals surface area contributed by atoms with E-state index in [1.807, 2.05) is 24.3 Å². The lowest BCUT2D eigenvalue weighted by Gasteiger charge is -2.36. The SMILES string of the molecule is COc1ccc(N2CCCN(Cc3ccnc4c3c(Cl)cn4CC(=O)O)C2=O)cc1OCCCC1CC1. The molecule has 2 fully saturated rings. The third-order valence-corrected chi connectivity index (χ3v) is 7.23. The number of nitrogens with zero attached hydrogens (tertiary/aromatic N) is 4. The number of pyridine rings is 1. The van der Waals surface area contributed by atoms with E-state index in [-0.39, 0.29) is 12.6 Å². The molecule has 1 aliphatic heterocycles. The number of methoxy groups -OCH3 is 1. The van der Waals surface area contributed by atoms with Crippen molar-refractivity contribution in [2.24, 2.45) is 5.92 Å². The first kappa shape index (κ1) is 25.2. The van der Waals surface area contributed by atoms with Gasteiger partial charge in [0.1, 0.15) is 12.2 Å². The molecule has 3 heterocycles. The number of hydrogen-bond acceptors (Lipinski definition) is 5. The van der Waals surface area contributed by atoms with E-state index >= 15 is 0 Å². The number of anilines is 1. The Balaban J connectivity index is 1.33. The van der Waals surface area contributed by atoms with E-state index in [0.29, 0.717) is 53.8 Å². The molecule has 2 aromatic heterocycles. The number of urea groups is 1. The zero-order chi connectivity index (χ0) is 25.9. The van der Waals surface area contributed by atoms with E-state index in [1.165, 1.54) is 23.8 Å². The molecule has 37 heavy (non-hydrogen) atoms. The smallest absolute Gasteiger partial charge is 0.324 e. The molecular formula is C27H31ClN4O5. The topological polar surface area (TPSA) is 97.1 Å². The summed E-state index contributed by atoms with van der Waals surface area (Å²) in [5.41, 5.74) is 2.08. The summed E-state index contributed by atoms with van der Waals surface area (Å²) in [5, 5.41) is 10.3. The van der Waals surface area contributed by atoms with Crippen molar-refractivity contribution in [1.82, 2.24) is 14.5 Å². The zero-order valence-corrected chi connectivity index (χ0v) is 21.6. The Morgan fingerprint density at radius 1 is 1.22 bits per heavy atom. The summed E-state index contributed by atoms with van der Waals surface area (Å²) in [7, 11) is 1.62. The third kappa shape index (κ3) is 5.61. The maximum atomic E-state index is 13.6. The molecule has 1 saturated heterocycles. The number of ether oxygens (including phenoxy) is 2. The molecule has 0 radical (unpaired) electrons. The average Bonchev–Trinajstić information content (AvgIpc) is 3.66. The first-order valence-electron chi connectivity index (χ1n) is 12.7. The van der Waals surface area contributed by atoms with Gasteiger partial charge in [0.15, 0.2) is 11.5 Å². The van der Waals surface area contributed by atoms with Crippen LogP contribution < -0.4 is 14.4 Å². The van der Waals surface area contributed by atoms with Crippen molar-refractivity contribution < 1.29 is 24.2 Å². The number of aliphatic carboxylic acids is 1. The maximum Gasteiger partial charge on any atom is 0.324 e. The quantitative estimate of drug-likeness (QED) is 0.346. The first-order chi connectivity index (χ1) is 17.9. The zero-order valence-electron chi connectivity index (χ0n) is 20.9. The van der Waals surface area contributed by atoms with Gasteiger partial charge in [-0.05, 0) is 48.9 Å². The standard InChI is InChI=1S/C27H31ClN4O5/c1-36-22-8-7-20(14-23(22)37-13-2-4-18-5-6-18)32-12-3-11-30(27(32)35)15-19-9-10-29-26-25(19)21(28)16-31(26)17-24(33)34/h7-10,14,16,18H,2-6,11-13,15,17H2,1H3,(H,33,34).